The van der Waals surface area contributed by atoms with Crippen LogP contribution in [0.3, 0.4) is 0 Å². The quantitative estimate of drug-likeness (QED) is 0.894. The van der Waals surface area contributed by atoms with Gasteiger partial charge in [-0.1, -0.05) is 18.2 Å². The predicted molar refractivity (Wildman–Crippen MR) is 68.8 cm³/mol. The van der Waals surface area contributed by atoms with E-state index in [9.17, 15) is 13.2 Å². The van der Waals surface area contributed by atoms with Crippen molar-refractivity contribution in [2.45, 2.75) is 44.5 Å². The molecule has 0 aromatic heterocycles. The number of alkyl halides is 3. The summed E-state index contributed by atoms with van der Waals surface area (Å²) >= 11 is 0. The molecule has 1 rings (SSSR count). The third-order valence-corrected chi connectivity index (χ3v) is 3.06. The molecular weight excluding hydrogens is 255 g/mol. The van der Waals surface area contributed by atoms with Gasteiger partial charge in [-0.3, -0.25) is 0 Å². The van der Waals surface area contributed by atoms with Gasteiger partial charge in [0.25, 0.3) is 0 Å². The highest BCUT2D eigenvalue weighted by atomic mass is 19.4. The average molecular weight is 275 g/mol. The van der Waals surface area contributed by atoms with Crippen LogP contribution in [0.15, 0.2) is 24.3 Å². The van der Waals surface area contributed by atoms with E-state index in [1.165, 1.54) is 6.07 Å². The smallest absolute Gasteiger partial charge is 0.379 e. The van der Waals surface area contributed by atoms with Crippen LogP contribution in [0.4, 0.5) is 13.2 Å². The second kappa shape index (κ2) is 5.92. The molecule has 19 heavy (non-hydrogen) atoms. The maximum absolute atomic E-state index is 12.6. The molecular formula is C14H20F3NO. The van der Waals surface area contributed by atoms with Gasteiger partial charge in [-0.25, -0.2) is 0 Å². The highest BCUT2D eigenvalue weighted by Gasteiger charge is 2.30. The summed E-state index contributed by atoms with van der Waals surface area (Å²) in [6, 6.07) is 5.05. The van der Waals surface area contributed by atoms with E-state index >= 15 is 0 Å². The van der Waals surface area contributed by atoms with Gasteiger partial charge in [0.2, 0.25) is 0 Å². The molecule has 1 unspecified atom stereocenters. The summed E-state index contributed by atoms with van der Waals surface area (Å²) in [5, 5.41) is 0. The van der Waals surface area contributed by atoms with Crippen molar-refractivity contribution in [1.29, 1.82) is 0 Å². The molecule has 0 aliphatic carbocycles. The zero-order valence-corrected chi connectivity index (χ0v) is 11.4. The van der Waals surface area contributed by atoms with Gasteiger partial charge in [-0.05, 0) is 38.3 Å². The molecule has 0 aliphatic heterocycles. The maximum atomic E-state index is 12.6. The van der Waals surface area contributed by atoms with Gasteiger partial charge in [0.05, 0.1) is 11.2 Å². The summed E-state index contributed by atoms with van der Waals surface area (Å²) in [7, 11) is 1.59. The molecule has 1 aromatic carbocycles. The summed E-state index contributed by atoms with van der Waals surface area (Å²) in [6.07, 6.45) is -3.33. The molecule has 0 saturated heterocycles. The number of ether oxygens (including phenoxy) is 1. The molecule has 2 nitrogen and oxygen atoms in total. The molecule has 0 radical (unpaired) electrons. The van der Waals surface area contributed by atoms with E-state index in [0.29, 0.717) is 18.4 Å². The first-order valence-corrected chi connectivity index (χ1v) is 6.11. The molecule has 5 heteroatoms. The van der Waals surface area contributed by atoms with Crippen LogP contribution < -0.4 is 5.73 Å². The Labute approximate surface area is 111 Å². The van der Waals surface area contributed by atoms with Gasteiger partial charge in [0.15, 0.2) is 0 Å². The van der Waals surface area contributed by atoms with Crippen LogP contribution in [0.2, 0.25) is 0 Å². The Morgan fingerprint density at radius 1 is 1.26 bits per heavy atom. The molecule has 0 saturated carbocycles. The zero-order chi connectivity index (χ0) is 14.7. The third-order valence-electron chi connectivity index (χ3n) is 3.06. The lowest BCUT2D eigenvalue weighted by molar-refractivity contribution is -0.137. The number of halogens is 3. The largest absolute Gasteiger partial charge is 0.416 e. The van der Waals surface area contributed by atoms with E-state index in [2.05, 4.69) is 0 Å². The van der Waals surface area contributed by atoms with Crippen molar-refractivity contribution in [1.82, 2.24) is 0 Å². The fourth-order valence-electron chi connectivity index (χ4n) is 1.96. The van der Waals surface area contributed by atoms with Crippen LogP contribution in [0.25, 0.3) is 0 Å². The van der Waals surface area contributed by atoms with Crippen molar-refractivity contribution >= 4 is 0 Å². The monoisotopic (exact) mass is 275 g/mol. The summed E-state index contributed by atoms with van der Waals surface area (Å²) in [6.45, 7) is 3.80. The minimum atomic E-state index is -4.31. The second-order valence-electron chi connectivity index (χ2n) is 5.33. The topological polar surface area (TPSA) is 35.2 Å². The van der Waals surface area contributed by atoms with Crippen molar-refractivity contribution in [2.24, 2.45) is 5.73 Å². The molecule has 0 amide bonds. The fourth-order valence-corrected chi connectivity index (χ4v) is 1.96. The number of nitrogens with two attached hydrogens (primary N) is 1. The molecule has 0 heterocycles. The highest BCUT2D eigenvalue weighted by Crippen LogP contribution is 2.30. The van der Waals surface area contributed by atoms with Gasteiger partial charge < -0.3 is 10.5 Å². The van der Waals surface area contributed by atoms with E-state index in [0.717, 1.165) is 12.1 Å². The van der Waals surface area contributed by atoms with Crippen molar-refractivity contribution in [3.8, 4) is 0 Å². The normalized spacial score (nSPS) is 14.5. The van der Waals surface area contributed by atoms with Gasteiger partial charge in [-0.2, -0.15) is 13.2 Å². The van der Waals surface area contributed by atoms with E-state index in [4.69, 9.17) is 10.5 Å². The molecule has 0 spiro atoms. The SMILES string of the molecule is COC(C)(C)CC(N)Cc1cccc(C(F)(F)F)c1. The fraction of sp³-hybridized carbons (Fsp3) is 0.571. The Morgan fingerprint density at radius 2 is 1.89 bits per heavy atom. The van der Waals surface area contributed by atoms with Crippen molar-refractivity contribution in [3.05, 3.63) is 35.4 Å². The Kier molecular flexibility index (Phi) is 4.98. The molecule has 0 bridgehead atoms. The molecule has 0 aliphatic rings. The lowest BCUT2D eigenvalue weighted by Gasteiger charge is -2.26. The Hall–Kier alpha value is -1.07. The van der Waals surface area contributed by atoms with Crippen molar-refractivity contribution in [2.75, 3.05) is 7.11 Å². The van der Waals surface area contributed by atoms with E-state index in [1.54, 1.807) is 13.2 Å². The number of rotatable bonds is 5. The predicted octanol–water partition coefficient (Wildman–Crippen LogP) is 3.39. The van der Waals surface area contributed by atoms with Crippen LogP contribution in [0.5, 0.6) is 0 Å². The van der Waals surface area contributed by atoms with Gasteiger partial charge in [0.1, 0.15) is 0 Å². The van der Waals surface area contributed by atoms with Gasteiger partial charge in [0, 0.05) is 13.2 Å². The number of hydrogen-bond donors (Lipinski definition) is 1. The average Bonchev–Trinajstić information content (AvgIpc) is 2.27. The molecule has 108 valence electrons. The van der Waals surface area contributed by atoms with Crippen LogP contribution in [0, 0.1) is 0 Å². The van der Waals surface area contributed by atoms with Crippen LogP contribution >= 0.6 is 0 Å². The Balaban J connectivity index is 2.72. The first-order valence-electron chi connectivity index (χ1n) is 6.11. The lowest BCUT2D eigenvalue weighted by atomic mass is 9.94. The number of benzene rings is 1. The van der Waals surface area contributed by atoms with Gasteiger partial charge >= 0.3 is 6.18 Å². The lowest BCUT2D eigenvalue weighted by Crippen LogP contribution is -2.35. The maximum Gasteiger partial charge on any atom is 0.416 e. The van der Waals surface area contributed by atoms with Gasteiger partial charge in [-0.15, -0.1) is 0 Å². The molecule has 0 fully saturated rings. The number of methoxy groups -OCH3 is 1. The number of hydrogen-bond acceptors (Lipinski definition) is 2. The first kappa shape index (κ1) is 16.0. The first-order chi connectivity index (χ1) is 8.64. The third kappa shape index (κ3) is 5.20. The second-order valence-corrected chi connectivity index (χ2v) is 5.33. The van der Waals surface area contributed by atoms with Crippen molar-refractivity contribution < 1.29 is 17.9 Å². The molecule has 2 N–H and O–H groups in total. The summed E-state index contributed by atoms with van der Waals surface area (Å²) in [5.41, 5.74) is 5.55. The van der Waals surface area contributed by atoms with E-state index in [1.807, 2.05) is 13.8 Å². The minimum absolute atomic E-state index is 0.238. The van der Waals surface area contributed by atoms with Crippen LogP contribution in [0.1, 0.15) is 31.4 Å². The van der Waals surface area contributed by atoms with Crippen molar-refractivity contribution in [3.63, 3.8) is 0 Å². The van der Waals surface area contributed by atoms with Crippen LogP contribution in [-0.2, 0) is 17.3 Å². The highest BCUT2D eigenvalue weighted by molar-refractivity contribution is 5.26. The standard InChI is InChI=1S/C14H20F3NO/c1-13(2,19-3)9-12(18)8-10-5-4-6-11(7-10)14(15,16)17/h4-7,12H,8-9,18H2,1-3H3. The van der Waals surface area contributed by atoms with Crippen LogP contribution in [-0.4, -0.2) is 18.8 Å². The summed E-state index contributed by atoms with van der Waals surface area (Å²) < 4.78 is 43.0. The Bertz CT molecular complexity index is 415. The minimum Gasteiger partial charge on any atom is -0.379 e. The summed E-state index contributed by atoms with van der Waals surface area (Å²) in [4.78, 5) is 0. The zero-order valence-electron chi connectivity index (χ0n) is 11.4. The van der Waals surface area contributed by atoms with E-state index < -0.39 is 11.7 Å². The Morgan fingerprint density at radius 3 is 2.42 bits per heavy atom. The molecule has 1 aromatic rings. The summed E-state index contributed by atoms with van der Waals surface area (Å²) in [5.74, 6) is 0. The van der Waals surface area contributed by atoms with E-state index in [-0.39, 0.29) is 11.6 Å². The molecule has 1 atom stereocenters.